The summed E-state index contributed by atoms with van der Waals surface area (Å²) in [7, 11) is 0. The van der Waals surface area contributed by atoms with Crippen LogP contribution in [-0.4, -0.2) is 35.2 Å². The molecule has 1 atom stereocenters. The minimum absolute atomic E-state index is 0.00380. The number of aromatic nitrogens is 2. The topological polar surface area (TPSA) is 97.6 Å². The zero-order valence-corrected chi connectivity index (χ0v) is 15.6. The Morgan fingerprint density at radius 1 is 1.30 bits per heavy atom. The van der Waals surface area contributed by atoms with Gasteiger partial charge in [0.25, 0.3) is 0 Å². The van der Waals surface area contributed by atoms with Gasteiger partial charge in [0.05, 0.1) is 12.5 Å². The van der Waals surface area contributed by atoms with Gasteiger partial charge in [-0.15, -0.1) is 5.10 Å². The third-order valence-electron chi connectivity index (χ3n) is 4.38. The molecule has 2 heterocycles. The Hall–Kier alpha value is -2.90. The second-order valence-corrected chi connectivity index (χ2v) is 6.43. The molecular weight excluding hydrogens is 348 g/mol. The zero-order chi connectivity index (χ0) is 19.2. The van der Waals surface area contributed by atoms with Crippen molar-refractivity contribution in [1.29, 1.82) is 0 Å². The molecule has 8 nitrogen and oxygen atoms in total. The van der Waals surface area contributed by atoms with Gasteiger partial charge in [0, 0.05) is 25.1 Å². The van der Waals surface area contributed by atoms with E-state index in [1.54, 1.807) is 4.90 Å². The highest BCUT2D eigenvalue weighted by Gasteiger charge is 2.35. The zero-order valence-electron chi connectivity index (χ0n) is 15.6. The minimum atomic E-state index is -0.196. The first kappa shape index (κ1) is 18.9. The molecule has 27 heavy (non-hydrogen) atoms. The predicted molar refractivity (Wildman–Crippen MR) is 99.8 cm³/mol. The van der Waals surface area contributed by atoms with Crippen molar-refractivity contribution < 1.29 is 18.7 Å². The largest absolute Gasteiger partial charge is 0.494 e. The van der Waals surface area contributed by atoms with Gasteiger partial charge in [0.2, 0.25) is 17.7 Å². The number of amides is 2. The lowest BCUT2D eigenvalue weighted by Gasteiger charge is -2.16. The van der Waals surface area contributed by atoms with Crippen molar-refractivity contribution in [2.75, 3.05) is 23.4 Å². The number of carbonyl (C=O) groups excluding carboxylic acids is 2. The second kappa shape index (κ2) is 8.66. The fourth-order valence-corrected chi connectivity index (χ4v) is 2.98. The number of nitrogens with one attached hydrogen (secondary N) is 1. The third-order valence-corrected chi connectivity index (χ3v) is 4.38. The maximum atomic E-state index is 12.4. The second-order valence-electron chi connectivity index (χ2n) is 6.43. The van der Waals surface area contributed by atoms with Gasteiger partial charge < -0.3 is 14.1 Å². The molecule has 1 aromatic carbocycles. The average Bonchev–Trinajstić information content (AvgIpc) is 3.27. The highest BCUT2D eigenvalue weighted by atomic mass is 16.5. The van der Waals surface area contributed by atoms with Crippen molar-refractivity contribution >= 4 is 23.5 Å². The van der Waals surface area contributed by atoms with Crippen molar-refractivity contribution in [3.63, 3.8) is 0 Å². The summed E-state index contributed by atoms with van der Waals surface area (Å²) in [5.41, 5.74) is 0.804. The number of nitrogens with zero attached hydrogens (tertiary/aromatic N) is 3. The Labute approximate surface area is 157 Å². The number of hydrogen-bond donors (Lipinski definition) is 1. The molecule has 0 radical (unpaired) electrons. The maximum absolute atomic E-state index is 12.4. The summed E-state index contributed by atoms with van der Waals surface area (Å²) in [5, 5.41) is 10.5. The van der Waals surface area contributed by atoms with Crippen molar-refractivity contribution in [3.8, 4) is 5.75 Å². The van der Waals surface area contributed by atoms with Crippen LogP contribution in [-0.2, 0) is 9.59 Å². The SMILES string of the molecule is CCCCC(=O)Nc1nnc(C2CC(=O)N(c3ccc(OCC)cc3)C2)o1. The van der Waals surface area contributed by atoms with E-state index >= 15 is 0 Å². The molecule has 3 rings (SSSR count). The van der Waals surface area contributed by atoms with Gasteiger partial charge in [-0.25, -0.2) is 0 Å². The molecule has 0 saturated carbocycles. The first-order valence-corrected chi connectivity index (χ1v) is 9.27. The fraction of sp³-hybridized carbons (Fsp3) is 0.474. The quantitative estimate of drug-likeness (QED) is 0.764. The van der Waals surface area contributed by atoms with Gasteiger partial charge in [0.1, 0.15) is 5.75 Å². The number of rotatable bonds is 8. The lowest BCUT2D eigenvalue weighted by atomic mass is 10.1. The van der Waals surface area contributed by atoms with E-state index in [4.69, 9.17) is 9.15 Å². The molecule has 1 saturated heterocycles. The van der Waals surface area contributed by atoms with Crippen LogP contribution in [0.25, 0.3) is 0 Å². The van der Waals surface area contributed by atoms with Crippen LogP contribution in [0.3, 0.4) is 0 Å². The van der Waals surface area contributed by atoms with Crippen molar-refractivity contribution in [2.24, 2.45) is 0 Å². The predicted octanol–water partition coefficient (Wildman–Crippen LogP) is 3.12. The van der Waals surface area contributed by atoms with E-state index in [-0.39, 0.29) is 23.7 Å². The van der Waals surface area contributed by atoms with Crippen molar-refractivity contribution in [1.82, 2.24) is 10.2 Å². The maximum Gasteiger partial charge on any atom is 0.322 e. The summed E-state index contributed by atoms with van der Waals surface area (Å²) in [6.07, 6.45) is 2.45. The smallest absolute Gasteiger partial charge is 0.322 e. The molecule has 1 unspecified atom stereocenters. The average molecular weight is 372 g/mol. The summed E-state index contributed by atoms with van der Waals surface area (Å²) >= 11 is 0. The molecule has 1 aliphatic rings. The molecule has 2 amide bonds. The standard InChI is InChI=1S/C19H24N4O4/c1-3-5-6-16(24)20-19-22-21-18(27-19)13-11-17(25)23(12-13)14-7-9-15(10-8-14)26-4-2/h7-10,13H,3-6,11-12H2,1-2H3,(H,20,22,24). The van der Waals surface area contributed by atoms with Crippen molar-refractivity contribution in [2.45, 2.75) is 45.4 Å². The van der Waals surface area contributed by atoms with Crippen LogP contribution in [0.15, 0.2) is 28.7 Å². The van der Waals surface area contributed by atoms with Crippen LogP contribution >= 0.6 is 0 Å². The molecule has 0 spiro atoms. The molecule has 8 heteroatoms. The number of carbonyl (C=O) groups is 2. The van der Waals surface area contributed by atoms with Crippen LogP contribution in [0, 0.1) is 0 Å². The van der Waals surface area contributed by atoms with Gasteiger partial charge in [-0.2, -0.15) is 0 Å². The number of unbranched alkanes of at least 4 members (excludes halogenated alkanes) is 1. The highest BCUT2D eigenvalue weighted by molar-refractivity contribution is 5.96. The Morgan fingerprint density at radius 2 is 2.07 bits per heavy atom. The monoisotopic (exact) mass is 372 g/mol. The van der Waals surface area contributed by atoms with Crippen molar-refractivity contribution in [3.05, 3.63) is 30.2 Å². The molecule has 1 aliphatic heterocycles. The first-order valence-electron chi connectivity index (χ1n) is 9.27. The van der Waals surface area contributed by atoms with E-state index in [9.17, 15) is 9.59 Å². The Kier molecular flexibility index (Phi) is 6.05. The normalized spacial score (nSPS) is 16.6. The molecule has 144 valence electrons. The first-order chi connectivity index (χ1) is 13.1. The molecule has 0 aliphatic carbocycles. The summed E-state index contributed by atoms with van der Waals surface area (Å²) in [6, 6.07) is 7.49. The number of hydrogen-bond acceptors (Lipinski definition) is 6. The van der Waals surface area contributed by atoms with Gasteiger partial charge in [-0.3, -0.25) is 14.9 Å². The molecule has 1 fully saturated rings. The van der Waals surface area contributed by atoms with Crippen LogP contribution in [0.5, 0.6) is 5.75 Å². The van der Waals surface area contributed by atoms with Gasteiger partial charge in [0.15, 0.2) is 0 Å². The Morgan fingerprint density at radius 3 is 2.78 bits per heavy atom. The van der Waals surface area contributed by atoms with Crippen LogP contribution in [0.1, 0.15) is 51.3 Å². The van der Waals surface area contributed by atoms with E-state index in [0.717, 1.165) is 24.3 Å². The number of benzene rings is 1. The molecule has 1 aromatic heterocycles. The molecule has 2 aromatic rings. The van der Waals surface area contributed by atoms with Gasteiger partial charge >= 0.3 is 6.01 Å². The Balaban J connectivity index is 1.62. The number of ether oxygens (including phenoxy) is 1. The molecule has 1 N–H and O–H groups in total. The van der Waals surface area contributed by atoms with Crippen LogP contribution in [0.4, 0.5) is 11.7 Å². The van der Waals surface area contributed by atoms with Crippen LogP contribution in [0.2, 0.25) is 0 Å². The Bertz CT molecular complexity index is 787. The lowest BCUT2D eigenvalue weighted by Crippen LogP contribution is -2.24. The third kappa shape index (κ3) is 4.64. The fourth-order valence-electron chi connectivity index (χ4n) is 2.98. The summed E-state index contributed by atoms with van der Waals surface area (Å²) in [4.78, 5) is 25.9. The summed E-state index contributed by atoms with van der Waals surface area (Å²) < 4.78 is 11.0. The van der Waals surface area contributed by atoms with E-state index in [2.05, 4.69) is 15.5 Å². The summed E-state index contributed by atoms with van der Waals surface area (Å²) in [6.45, 7) is 5.00. The lowest BCUT2D eigenvalue weighted by molar-refractivity contribution is -0.117. The van der Waals surface area contributed by atoms with E-state index in [1.807, 2.05) is 38.1 Å². The van der Waals surface area contributed by atoms with E-state index in [0.29, 0.717) is 31.9 Å². The van der Waals surface area contributed by atoms with Gasteiger partial charge in [-0.1, -0.05) is 18.4 Å². The highest BCUT2D eigenvalue weighted by Crippen LogP contribution is 2.32. The minimum Gasteiger partial charge on any atom is -0.494 e. The van der Waals surface area contributed by atoms with E-state index in [1.165, 1.54) is 0 Å². The molecule has 0 bridgehead atoms. The van der Waals surface area contributed by atoms with Crippen LogP contribution < -0.4 is 15.0 Å². The number of anilines is 2. The molecular formula is C19H24N4O4. The summed E-state index contributed by atoms with van der Waals surface area (Å²) in [5.74, 6) is 0.784. The van der Waals surface area contributed by atoms with E-state index < -0.39 is 0 Å². The van der Waals surface area contributed by atoms with Gasteiger partial charge in [-0.05, 0) is 37.6 Å².